The van der Waals surface area contributed by atoms with Crippen LogP contribution in [0.2, 0.25) is 0 Å². The van der Waals surface area contributed by atoms with Crippen molar-refractivity contribution in [3.63, 3.8) is 0 Å². The Morgan fingerprint density at radius 2 is 0.912 bits per heavy atom. The van der Waals surface area contributed by atoms with E-state index in [0.717, 1.165) is 60.1 Å². The highest BCUT2D eigenvalue weighted by atomic mass is 16.5. The van der Waals surface area contributed by atoms with Crippen molar-refractivity contribution in [2.45, 2.75) is 52.4 Å². The fourth-order valence-corrected chi connectivity index (χ4v) is 3.31. The van der Waals surface area contributed by atoms with Crippen LogP contribution in [-0.2, 0) is 0 Å². The van der Waals surface area contributed by atoms with Gasteiger partial charge in [-0.3, -0.25) is 9.98 Å². The first kappa shape index (κ1) is 25.2. The monoisotopic (exact) mass is 456 g/mol. The van der Waals surface area contributed by atoms with Crippen LogP contribution in [0.4, 0.5) is 11.4 Å². The summed E-state index contributed by atoms with van der Waals surface area (Å²) in [6, 6.07) is 24.0. The Labute approximate surface area is 204 Å². The summed E-state index contributed by atoms with van der Waals surface area (Å²) in [6.45, 7) is 5.94. The molecule has 3 aromatic rings. The van der Waals surface area contributed by atoms with Crippen LogP contribution in [0.15, 0.2) is 82.8 Å². The van der Waals surface area contributed by atoms with E-state index in [1.807, 2.05) is 85.2 Å². The van der Waals surface area contributed by atoms with Gasteiger partial charge in [0.2, 0.25) is 0 Å². The van der Waals surface area contributed by atoms with E-state index in [-0.39, 0.29) is 0 Å². The summed E-state index contributed by atoms with van der Waals surface area (Å²) in [5, 5.41) is 0. The number of benzene rings is 3. The van der Waals surface area contributed by atoms with Crippen molar-refractivity contribution in [1.82, 2.24) is 0 Å². The average molecular weight is 457 g/mol. The third-order valence-corrected chi connectivity index (χ3v) is 5.37. The van der Waals surface area contributed by atoms with Gasteiger partial charge < -0.3 is 9.47 Å². The molecular formula is C30H36N2O2. The standard InChI is InChI=1S/C30H36N2O2/c1-3-5-7-21-33-29-17-9-25(10-18-29)23-31-27-13-15-28(16-14-27)32-24-26-11-19-30(20-12-26)34-22-8-6-4-2/h9-20,23-24H,3-8,21-22H2,1-2H3. The minimum Gasteiger partial charge on any atom is -0.494 e. The fraction of sp³-hybridized carbons (Fsp3) is 0.333. The lowest BCUT2D eigenvalue weighted by molar-refractivity contribution is 0.306. The second kappa shape index (κ2) is 14.7. The Hall–Kier alpha value is -3.40. The molecule has 178 valence electrons. The number of rotatable bonds is 14. The topological polar surface area (TPSA) is 43.2 Å². The van der Waals surface area contributed by atoms with E-state index in [0.29, 0.717) is 0 Å². The SMILES string of the molecule is CCCCCOc1ccc(C=Nc2ccc(N=Cc3ccc(OCCCCC)cc3)cc2)cc1. The van der Waals surface area contributed by atoms with Crippen LogP contribution >= 0.6 is 0 Å². The van der Waals surface area contributed by atoms with Gasteiger partial charge in [0.15, 0.2) is 0 Å². The molecule has 0 aliphatic carbocycles. The zero-order valence-electron chi connectivity index (χ0n) is 20.5. The number of unbranched alkanes of at least 4 members (excludes halogenated alkanes) is 4. The van der Waals surface area contributed by atoms with E-state index in [1.165, 1.54) is 25.7 Å². The molecule has 0 spiro atoms. The van der Waals surface area contributed by atoms with Crippen LogP contribution in [0, 0.1) is 0 Å². The first-order valence-corrected chi connectivity index (χ1v) is 12.4. The summed E-state index contributed by atoms with van der Waals surface area (Å²) < 4.78 is 11.5. The highest BCUT2D eigenvalue weighted by Crippen LogP contribution is 2.20. The van der Waals surface area contributed by atoms with Gasteiger partial charge in [-0.05, 0) is 96.8 Å². The van der Waals surface area contributed by atoms with Gasteiger partial charge in [-0.25, -0.2) is 0 Å². The van der Waals surface area contributed by atoms with E-state index in [2.05, 4.69) is 23.8 Å². The van der Waals surface area contributed by atoms with Crippen LogP contribution < -0.4 is 9.47 Å². The molecule has 0 amide bonds. The van der Waals surface area contributed by atoms with Gasteiger partial charge in [-0.2, -0.15) is 0 Å². The molecule has 0 bridgehead atoms. The minimum absolute atomic E-state index is 0.773. The highest BCUT2D eigenvalue weighted by Gasteiger charge is 1.97. The first-order valence-electron chi connectivity index (χ1n) is 12.4. The van der Waals surface area contributed by atoms with Crippen molar-refractivity contribution >= 4 is 23.8 Å². The average Bonchev–Trinajstić information content (AvgIpc) is 2.89. The van der Waals surface area contributed by atoms with Crippen LogP contribution in [0.1, 0.15) is 63.5 Å². The lowest BCUT2D eigenvalue weighted by Gasteiger charge is -2.05. The van der Waals surface area contributed by atoms with Crippen molar-refractivity contribution < 1.29 is 9.47 Å². The van der Waals surface area contributed by atoms with Gasteiger partial charge in [0.1, 0.15) is 11.5 Å². The molecule has 4 heteroatoms. The Morgan fingerprint density at radius 3 is 1.26 bits per heavy atom. The van der Waals surface area contributed by atoms with Crippen LogP contribution in [0.5, 0.6) is 11.5 Å². The van der Waals surface area contributed by atoms with Crippen molar-refractivity contribution in [1.29, 1.82) is 0 Å². The van der Waals surface area contributed by atoms with E-state index in [1.54, 1.807) is 0 Å². The molecular weight excluding hydrogens is 420 g/mol. The van der Waals surface area contributed by atoms with Gasteiger partial charge in [-0.15, -0.1) is 0 Å². The predicted octanol–water partition coefficient (Wildman–Crippen LogP) is 8.33. The molecule has 3 aromatic carbocycles. The molecule has 0 atom stereocenters. The molecule has 0 saturated carbocycles. The van der Waals surface area contributed by atoms with Crippen molar-refractivity contribution in [3.05, 3.63) is 83.9 Å². The zero-order valence-corrected chi connectivity index (χ0v) is 20.5. The molecule has 4 nitrogen and oxygen atoms in total. The van der Waals surface area contributed by atoms with Crippen molar-refractivity contribution in [2.24, 2.45) is 9.98 Å². The quantitative estimate of drug-likeness (QED) is 0.181. The third-order valence-electron chi connectivity index (χ3n) is 5.37. The molecule has 0 radical (unpaired) electrons. The number of aliphatic imine (C=N–C) groups is 2. The summed E-state index contributed by atoms with van der Waals surface area (Å²) in [5.74, 6) is 1.81. The number of hydrogen-bond acceptors (Lipinski definition) is 4. The number of hydrogen-bond donors (Lipinski definition) is 0. The number of ether oxygens (including phenoxy) is 2. The van der Waals surface area contributed by atoms with Gasteiger partial charge in [0, 0.05) is 12.4 Å². The maximum absolute atomic E-state index is 5.76. The molecule has 0 aromatic heterocycles. The summed E-state index contributed by atoms with van der Waals surface area (Å²) in [4.78, 5) is 9.13. The van der Waals surface area contributed by atoms with E-state index < -0.39 is 0 Å². The Balaban J connectivity index is 1.47. The van der Waals surface area contributed by atoms with E-state index in [9.17, 15) is 0 Å². The summed E-state index contributed by atoms with van der Waals surface area (Å²) in [6.07, 6.45) is 10.7. The molecule has 0 unspecified atom stereocenters. The molecule has 0 aliphatic rings. The lowest BCUT2D eigenvalue weighted by atomic mass is 10.2. The van der Waals surface area contributed by atoms with Gasteiger partial charge in [0.25, 0.3) is 0 Å². The van der Waals surface area contributed by atoms with Crippen LogP contribution in [0.3, 0.4) is 0 Å². The first-order chi connectivity index (χ1) is 16.8. The van der Waals surface area contributed by atoms with E-state index >= 15 is 0 Å². The third kappa shape index (κ3) is 9.22. The molecule has 0 aliphatic heterocycles. The molecule has 0 saturated heterocycles. The second-order valence-corrected chi connectivity index (χ2v) is 8.28. The Kier molecular flexibility index (Phi) is 10.9. The summed E-state index contributed by atoms with van der Waals surface area (Å²) >= 11 is 0. The smallest absolute Gasteiger partial charge is 0.119 e. The fourth-order valence-electron chi connectivity index (χ4n) is 3.31. The van der Waals surface area contributed by atoms with Gasteiger partial charge in [0.05, 0.1) is 24.6 Å². The highest BCUT2D eigenvalue weighted by molar-refractivity contribution is 5.83. The Morgan fingerprint density at radius 1 is 0.529 bits per heavy atom. The zero-order chi connectivity index (χ0) is 23.8. The van der Waals surface area contributed by atoms with Gasteiger partial charge >= 0.3 is 0 Å². The summed E-state index contributed by atoms with van der Waals surface area (Å²) in [5.41, 5.74) is 3.87. The maximum Gasteiger partial charge on any atom is 0.119 e. The molecule has 34 heavy (non-hydrogen) atoms. The summed E-state index contributed by atoms with van der Waals surface area (Å²) in [7, 11) is 0. The molecule has 3 rings (SSSR count). The van der Waals surface area contributed by atoms with Crippen molar-refractivity contribution in [3.8, 4) is 11.5 Å². The van der Waals surface area contributed by atoms with Gasteiger partial charge in [-0.1, -0.05) is 39.5 Å². The minimum atomic E-state index is 0.773. The number of nitrogens with zero attached hydrogens (tertiary/aromatic N) is 2. The van der Waals surface area contributed by atoms with Crippen molar-refractivity contribution in [2.75, 3.05) is 13.2 Å². The van der Waals surface area contributed by atoms with Crippen LogP contribution in [-0.4, -0.2) is 25.6 Å². The predicted molar refractivity (Wildman–Crippen MR) is 144 cm³/mol. The normalized spacial score (nSPS) is 11.4. The lowest BCUT2D eigenvalue weighted by Crippen LogP contribution is -1.96. The molecule has 0 heterocycles. The maximum atomic E-state index is 5.76. The largest absolute Gasteiger partial charge is 0.494 e. The van der Waals surface area contributed by atoms with Crippen LogP contribution in [0.25, 0.3) is 0 Å². The molecule has 0 N–H and O–H groups in total. The molecule has 0 fully saturated rings. The van der Waals surface area contributed by atoms with E-state index in [4.69, 9.17) is 9.47 Å². The Bertz CT molecular complexity index is 923. The second-order valence-electron chi connectivity index (χ2n) is 8.28.